The summed E-state index contributed by atoms with van der Waals surface area (Å²) >= 11 is 0. The van der Waals surface area contributed by atoms with Gasteiger partial charge in [-0.05, 0) is 35.1 Å². The van der Waals surface area contributed by atoms with Gasteiger partial charge in [-0.25, -0.2) is 8.42 Å². The summed E-state index contributed by atoms with van der Waals surface area (Å²) in [6.45, 7) is 0. The third-order valence-electron chi connectivity index (χ3n) is 4.21. The molecular weight excluding hydrogens is 270 g/mol. The van der Waals surface area contributed by atoms with Gasteiger partial charge in [0.15, 0.2) is 9.84 Å². The number of sulfone groups is 1. The molecule has 2 unspecified atom stereocenters. The Bertz CT molecular complexity index is 719. The summed E-state index contributed by atoms with van der Waals surface area (Å²) in [6.07, 6.45) is 1.44. The summed E-state index contributed by atoms with van der Waals surface area (Å²) in [5.41, 5.74) is 7.47. The molecule has 2 aromatic rings. The van der Waals surface area contributed by atoms with Gasteiger partial charge in [-0.1, -0.05) is 42.5 Å². The van der Waals surface area contributed by atoms with Crippen LogP contribution in [-0.4, -0.2) is 26.0 Å². The Morgan fingerprint density at radius 3 is 2.65 bits per heavy atom. The first-order valence-electron chi connectivity index (χ1n) is 6.98. The summed E-state index contributed by atoms with van der Waals surface area (Å²) in [6, 6.07) is 14.4. The molecule has 1 heterocycles. The van der Waals surface area contributed by atoms with Gasteiger partial charge in [-0.3, -0.25) is 0 Å². The number of hydrogen-bond donors (Lipinski definition) is 1. The normalized spacial score (nSPS) is 22.9. The first-order valence-corrected chi connectivity index (χ1v) is 8.80. The van der Waals surface area contributed by atoms with Gasteiger partial charge >= 0.3 is 0 Å². The van der Waals surface area contributed by atoms with E-state index in [9.17, 15) is 8.42 Å². The Labute approximate surface area is 119 Å². The van der Waals surface area contributed by atoms with Crippen molar-refractivity contribution < 1.29 is 8.42 Å². The maximum atomic E-state index is 11.6. The lowest BCUT2D eigenvalue weighted by Gasteiger charge is -2.18. The lowest BCUT2D eigenvalue weighted by molar-refractivity contribution is 0.462. The van der Waals surface area contributed by atoms with Crippen molar-refractivity contribution in [1.29, 1.82) is 0 Å². The van der Waals surface area contributed by atoms with Crippen molar-refractivity contribution in [1.82, 2.24) is 0 Å². The Morgan fingerprint density at radius 1 is 1.15 bits per heavy atom. The minimum atomic E-state index is -2.86. The van der Waals surface area contributed by atoms with Gasteiger partial charge < -0.3 is 5.73 Å². The fraction of sp³-hybridized carbons (Fsp3) is 0.375. The van der Waals surface area contributed by atoms with E-state index in [0.29, 0.717) is 12.2 Å². The molecule has 0 amide bonds. The van der Waals surface area contributed by atoms with Crippen LogP contribution < -0.4 is 5.73 Å². The highest BCUT2D eigenvalue weighted by atomic mass is 32.2. The second kappa shape index (κ2) is 5.19. The topological polar surface area (TPSA) is 60.2 Å². The Balaban J connectivity index is 1.83. The molecule has 106 valence electrons. The van der Waals surface area contributed by atoms with E-state index in [0.717, 1.165) is 6.42 Å². The van der Waals surface area contributed by atoms with E-state index >= 15 is 0 Å². The molecule has 0 saturated carbocycles. The summed E-state index contributed by atoms with van der Waals surface area (Å²) in [4.78, 5) is 0. The summed E-state index contributed by atoms with van der Waals surface area (Å²) in [5.74, 6) is 0.638. The van der Waals surface area contributed by atoms with Gasteiger partial charge in [0.05, 0.1) is 11.5 Å². The first kappa shape index (κ1) is 13.6. The van der Waals surface area contributed by atoms with Crippen LogP contribution in [-0.2, 0) is 16.3 Å². The van der Waals surface area contributed by atoms with Crippen LogP contribution in [0.5, 0.6) is 0 Å². The lowest BCUT2D eigenvalue weighted by atomic mass is 9.91. The van der Waals surface area contributed by atoms with Gasteiger partial charge in [0.2, 0.25) is 0 Å². The lowest BCUT2D eigenvalue weighted by Crippen LogP contribution is -2.33. The Hall–Kier alpha value is -1.39. The minimum absolute atomic E-state index is 0.0851. The maximum absolute atomic E-state index is 11.6. The summed E-state index contributed by atoms with van der Waals surface area (Å²) in [5, 5.41) is 2.42. The largest absolute Gasteiger partial charge is 0.327 e. The van der Waals surface area contributed by atoms with Crippen LogP contribution in [0.25, 0.3) is 10.8 Å². The molecule has 1 saturated heterocycles. The molecule has 2 atom stereocenters. The maximum Gasteiger partial charge on any atom is 0.150 e. The molecule has 1 aliphatic heterocycles. The number of nitrogens with two attached hydrogens (primary N) is 1. The van der Waals surface area contributed by atoms with Gasteiger partial charge in [0.1, 0.15) is 0 Å². The molecule has 3 nitrogen and oxygen atoms in total. The third kappa shape index (κ3) is 2.72. The third-order valence-corrected chi connectivity index (χ3v) is 6.00. The molecule has 0 spiro atoms. The Kier molecular flexibility index (Phi) is 3.52. The predicted molar refractivity (Wildman–Crippen MR) is 82.4 cm³/mol. The smallest absolute Gasteiger partial charge is 0.150 e. The SMILES string of the molecule is NC(Cc1cccc2ccccc12)C1CCS(=O)(=O)C1. The van der Waals surface area contributed by atoms with Crippen molar-refractivity contribution in [2.45, 2.75) is 18.9 Å². The van der Waals surface area contributed by atoms with Crippen LogP contribution in [0.15, 0.2) is 42.5 Å². The molecule has 1 fully saturated rings. The molecule has 2 aromatic carbocycles. The van der Waals surface area contributed by atoms with E-state index < -0.39 is 9.84 Å². The van der Waals surface area contributed by atoms with Crippen molar-refractivity contribution in [2.24, 2.45) is 11.7 Å². The second-order valence-corrected chi connectivity index (χ2v) is 7.90. The molecule has 0 aliphatic carbocycles. The fourth-order valence-corrected chi connectivity index (χ4v) is 4.95. The molecule has 2 N–H and O–H groups in total. The number of hydrogen-bond acceptors (Lipinski definition) is 3. The van der Waals surface area contributed by atoms with Crippen molar-refractivity contribution in [3.63, 3.8) is 0 Å². The molecule has 0 aromatic heterocycles. The molecular formula is C16H19NO2S. The van der Waals surface area contributed by atoms with E-state index in [1.165, 1.54) is 16.3 Å². The van der Waals surface area contributed by atoms with Crippen LogP contribution in [0.2, 0.25) is 0 Å². The second-order valence-electron chi connectivity index (χ2n) is 5.67. The minimum Gasteiger partial charge on any atom is -0.327 e. The fourth-order valence-electron chi connectivity index (χ4n) is 3.05. The molecule has 0 radical (unpaired) electrons. The number of benzene rings is 2. The van der Waals surface area contributed by atoms with Gasteiger partial charge in [0, 0.05) is 6.04 Å². The van der Waals surface area contributed by atoms with Crippen molar-refractivity contribution in [2.75, 3.05) is 11.5 Å². The summed E-state index contributed by atoms with van der Waals surface area (Å²) in [7, 11) is -2.86. The van der Waals surface area contributed by atoms with E-state index in [1.807, 2.05) is 18.2 Å². The summed E-state index contributed by atoms with van der Waals surface area (Å²) < 4.78 is 23.1. The van der Waals surface area contributed by atoms with Crippen molar-refractivity contribution in [3.05, 3.63) is 48.0 Å². The van der Waals surface area contributed by atoms with Crippen molar-refractivity contribution >= 4 is 20.6 Å². The average Bonchev–Trinajstić information content (AvgIpc) is 2.80. The van der Waals surface area contributed by atoms with Crippen LogP contribution in [0, 0.1) is 5.92 Å². The van der Waals surface area contributed by atoms with E-state index in [1.54, 1.807) is 0 Å². The number of rotatable bonds is 3. The van der Waals surface area contributed by atoms with Crippen LogP contribution >= 0.6 is 0 Å². The highest BCUT2D eigenvalue weighted by Gasteiger charge is 2.32. The number of fused-ring (bicyclic) bond motifs is 1. The molecule has 1 aliphatic rings. The monoisotopic (exact) mass is 289 g/mol. The molecule has 0 bridgehead atoms. The van der Waals surface area contributed by atoms with Gasteiger partial charge in [-0.2, -0.15) is 0 Å². The highest BCUT2D eigenvalue weighted by Crippen LogP contribution is 2.25. The van der Waals surface area contributed by atoms with E-state index in [-0.39, 0.29) is 17.7 Å². The zero-order chi connectivity index (χ0) is 14.2. The predicted octanol–water partition coefficient (Wildman–Crippen LogP) is 2.14. The van der Waals surface area contributed by atoms with Crippen LogP contribution in [0.4, 0.5) is 0 Å². The van der Waals surface area contributed by atoms with E-state index in [2.05, 4.69) is 24.3 Å². The highest BCUT2D eigenvalue weighted by molar-refractivity contribution is 7.91. The molecule has 3 rings (SSSR count). The van der Waals surface area contributed by atoms with Crippen molar-refractivity contribution in [3.8, 4) is 0 Å². The molecule has 20 heavy (non-hydrogen) atoms. The van der Waals surface area contributed by atoms with Gasteiger partial charge in [-0.15, -0.1) is 0 Å². The van der Waals surface area contributed by atoms with E-state index in [4.69, 9.17) is 5.73 Å². The molecule has 4 heteroatoms. The van der Waals surface area contributed by atoms with Crippen LogP contribution in [0.3, 0.4) is 0 Å². The first-order chi connectivity index (χ1) is 9.55. The standard InChI is InChI=1S/C16H19NO2S/c17-16(14-8-9-20(18,19)11-14)10-13-6-3-5-12-4-1-2-7-15(12)13/h1-7,14,16H,8-11,17H2. The average molecular weight is 289 g/mol. The zero-order valence-corrected chi connectivity index (χ0v) is 12.1. The Morgan fingerprint density at radius 2 is 1.90 bits per heavy atom. The quantitative estimate of drug-likeness (QED) is 0.941. The van der Waals surface area contributed by atoms with Crippen LogP contribution in [0.1, 0.15) is 12.0 Å². The van der Waals surface area contributed by atoms with Gasteiger partial charge in [0.25, 0.3) is 0 Å². The zero-order valence-electron chi connectivity index (χ0n) is 11.3.